The van der Waals surface area contributed by atoms with Crippen LogP contribution in [-0.2, 0) is 17.8 Å². The Kier molecular flexibility index (Phi) is 6.24. The van der Waals surface area contributed by atoms with E-state index in [0.717, 1.165) is 11.1 Å². The summed E-state index contributed by atoms with van der Waals surface area (Å²) >= 11 is 0. The number of nitrogens with two attached hydrogens (primary N) is 1. The molecule has 1 saturated heterocycles. The predicted octanol–water partition coefficient (Wildman–Crippen LogP) is 1.70. The minimum Gasteiger partial charge on any atom is -0.364 e. The molecule has 0 saturated carbocycles. The highest BCUT2D eigenvalue weighted by Gasteiger charge is 2.35. The fraction of sp³-hybridized carbons (Fsp3) is 0.429. The van der Waals surface area contributed by atoms with E-state index in [4.69, 9.17) is 10.3 Å². The molecule has 0 radical (unpaired) electrons. The van der Waals surface area contributed by atoms with Crippen molar-refractivity contribution in [1.29, 1.82) is 0 Å². The molecule has 0 spiro atoms. The van der Waals surface area contributed by atoms with E-state index in [1.165, 1.54) is 15.8 Å². The maximum Gasteiger partial charge on any atom is 0.270 e. The van der Waals surface area contributed by atoms with Gasteiger partial charge in [-0.2, -0.15) is 4.98 Å². The monoisotopic (exact) mass is 441 g/mol. The Bertz CT molecular complexity index is 1100. The van der Waals surface area contributed by atoms with Crippen LogP contribution in [0.25, 0.3) is 11.4 Å². The molecule has 4 rings (SSSR count). The topological polar surface area (TPSA) is 133 Å². The summed E-state index contributed by atoms with van der Waals surface area (Å²) in [7, 11) is 0. The zero-order chi connectivity index (χ0) is 22.7. The summed E-state index contributed by atoms with van der Waals surface area (Å²) in [5.74, 6) is 0.125. The van der Waals surface area contributed by atoms with Gasteiger partial charge >= 0.3 is 0 Å². The van der Waals surface area contributed by atoms with Gasteiger partial charge in [-0.1, -0.05) is 40.2 Å². The predicted molar refractivity (Wildman–Crippen MR) is 111 cm³/mol. The van der Waals surface area contributed by atoms with Crippen molar-refractivity contribution in [3.63, 3.8) is 0 Å². The average Bonchev–Trinajstić information content (AvgIpc) is 3.49. The van der Waals surface area contributed by atoms with Crippen molar-refractivity contribution in [1.82, 2.24) is 30.0 Å². The fourth-order valence-electron chi connectivity index (χ4n) is 3.77. The molecular weight excluding hydrogens is 417 g/mol. The van der Waals surface area contributed by atoms with Gasteiger partial charge in [-0.25, -0.2) is 9.07 Å². The molecule has 0 aliphatic carbocycles. The number of benzene rings is 1. The highest BCUT2D eigenvalue weighted by Crippen LogP contribution is 2.23. The van der Waals surface area contributed by atoms with Crippen LogP contribution in [0.3, 0.4) is 0 Å². The van der Waals surface area contributed by atoms with Crippen molar-refractivity contribution in [2.45, 2.75) is 51.4 Å². The number of hydrogen-bond acceptors (Lipinski definition) is 7. The molecule has 11 heteroatoms. The van der Waals surface area contributed by atoms with Crippen molar-refractivity contribution < 1.29 is 18.5 Å². The van der Waals surface area contributed by atoms with Gasteiger partial charge in [0.25, 0.3) is 5.91 Å². The molecule has 168 valence electrons. The van der Waals surface area contributed by atoms with Crippen LogP contribution in [0, 0.1) is 6.92 Å². The van der Waals surface area contributed by atoms with Gasteiger partial charge in [-0.15, -0.1) is 5.10 Å². The van der Waals surface area contributed by atoms with Gasteiger partial charge < -0.3 is 15.2 Å². The summed E-state index contributed by atoms with van der Waals surface area (Å²) in [4.78, 5) is 29.8. The van der Waals surface area contributed by atoms with Crippen molar-refractivity contribution in [2.75, 3.05) is 6.54 Å². The van der Waals surface area contributed by atoms with Gasteiger partial charge in [0.05, 0.1) is 25.3 Å². The third-order valence-corrected chi connectivity index (χ3v) is 5.43. The maximum absolute atomic E-state index is 14.0. The number of carbonyl (C=O) groups is 2. The van der Waals surface area contributed by atoms with Crippen LogP contribution in [0.5, 0.6) is 0 Å². The van der Waals surface area contributed by atoms with E-state index in [-0.39, 0.29) is 43.6 Å². The Hall–Kier alpha value is -3.63. The van der Waals surface area contributed by atoms with Gasteiger partial charge in [0.2, 0.25) is 17.6 Å². The molecule has 1 aliphatic rings. The molecule has 2 unspecified atom stereocenters. The second kappa shape index (κ2) is 9.25. The lowest BCUT2D eigenvalue weighted by molar-refractivity contribution is -0.132. The number of carbonyl (C=O) groups excluding carboxylic acids is 2. The third-order valence-electron chi connectivity index (χ3n) is 5.43. The summed E-state index contributed by atoms with van der Waals surface area (Å²) in [6, 6.07) is 7.44. The number of aromatic nitrogens is 5. The molecule has 1 aromatic carbocycles. The molecule has 2 amide bonds. The van der Waals surface area contributed by atoms with Crippen molar-refractivity contribution in [2.24, 2.45) is 5.73 Å². The maximum atomic E-state index is 14.0. The minimum absolute atomic E-state index is 0.0298. The number of likely N-dealkylation sites (tertiary alicyclic amines) is 1. The molecule has 1 aliphatic heterocycles. The molecule has 2 N–H and O–H groups in total. The summed E-state index contributed by atoms with van der Waals surface area (Å²) < 4.78 is 20.8. The van der Waals surface area contributed by atoms with Crippen molar-refractivity contribution in [3.05, 3.63) is 47.6 Å². The van der Waals surface area contributed by atoms with Gasteiger partial charge in [0.1, 0.15) is 6.17 Å². The fourth-order valence-corrected chi connectivity index (χ4v) is 3.77. The van der Waals surface area contributed by atoms with Gasteiger partial charge in [0, 0.05) is 24.8 Å². The quantitative estimate of drug-likeness (QED) is 0.562. The number of alkyl halides is 1. The molecule has 3 heterocycles. The van der Waals surface area contributed by atoms with Crippen LogP contribution in [0.2, 0.25) is 0 Å². The lowest BCUT2D eigenvalue weighted by atomic mass is 10.1. The number of hydrogen-bond donors (Lipinski definition) is 1. The Balaban J connectivity index is 1.30. The molecule has 32 heavy (non-hydrogen) atoms. The average molecular weight is 441 g/mol. The van der Waals surface area contributed by atoms with Gasteiger partial charge in [-0.3, -0.25) is 9.59 Å². The second-order valence-corrected chi connectivity index (χ2v) is 7.95. The smallest absolute Gasteiger partial charge is 0.270 e. The molecule has 3 aromatic rings. The van der Waals surface area contributed by atoms with E-state index in [2.05, 4.69) is 20.5 Å². The Labute approximate surface area is 183 Å². The first-order valence-corrected chi connectivity index (χ1v) is 10.4. The highest BCUT2D eigenvalue weighted by atomic mass is 19.1. The molecule has 2 atom stereocenters. The number of amides is 2. The zero-order valence-corrected chi connectivity index (χ0v) is 17.6. The normalized spacial score (nSPS) is 18.2. The van der Waals surface area contributed by atoms with Crippen LogP contribution < -0.4 is 5.73 Å². The van der Waals surface area contributed by atoms with Crippen molar-refractivity contribution >= 4 is 11.8 Å². The number of nitrogens with zero attached hydrogens (tertiary/aromatic N) is 6. The largest absolute Gasteiger partial charge is 0.364 e. The van der Waals surface area contributed by atoms with Crippen LogP contribution in [0.15, 0.2) is 35.0 Å². The van der Waals surface area contributed by atoms with Crippen LogP contribution in [0.4, 0.5) is 4.39 Å². The Morgan fingerprint density at radius 3 is 2.78 bits per heavy atom. The zero-order valence-electron chi connectivity index (χ0n) is 17.6. The lowest BCUT2D eigenvalue weighted by Gasteiger charge is -2.24. The van der Waals surface area contributed by atoms with E-state index in [0.29, 0.717) is 24.6 Å². The van der Waals surface area contributed by atoms with Crippen LogP contribution >= 0.6 is 0 Å². The van der Waals surface area contributed by atoms with Crippen LogP contribution in [-0.4, -0.2) is 60.6 Å². The summed E-state index contributed by atoms with van der Waals surface area (Å²) in [6.45, 7) is 2.29. The van der Waals surface area contributed by atoms with E-state index in [1.807, 2.05) is 31.2 Å². The Morgan fingerprint density at radius 2 is 2.06 bits per heavy atom. The van der Waals surface area contributed by atoms with E-state index >= 15 is 0 Å². The summed E-state index contributed by atoms with van der Waals surface area (Å²) in [5, 5.41) is 11.5. The molecule has 0 bridgehead atoms. The first kappa shape index (κ1) is 21.6. The second-order valence-electron chi connectivity index (χ2n) is 7.95. The number of aryl methyl sites for hydroxylation is 2. The standard InChI is InChI=1S/C21H24FN7O3/c1-13-5-7-14(8-6-13)21-24-18(32-26-21)3-2-4-19(30)29-10-15(22)9-16(29)11-28-12-17(20(23)31)25-27-28/h5-8,12,15-16H,2-4,9-11H2,1H3,(H2,23,31). The highest BCUT2D eigenvalue weighted by molar-refractivity contribution is 5.90. The van der Waals surface area contributed by atoms with Crippen LogP contribution in [0.1, 0.15) is 41.2 Å². The van der Waals surface area contributed by atoms with Crippen molar-refractivity contribution in [3.8, 4) is 11.4 Å². The number of halogens is 1. The first-order valence-electron chi connectivity index (χ1n) is 10.4. The molecular formula is C21H24FN7O3. The summed E-state index contributed by atoms with van der Waals surface area (Å²) in [6.07, 6.45) is 1.70. The molecule has 1 fully saturated rings. The number of primary amides is 1. The first-order chi connectivity index (χ1) is 15.4. The minimum atomic E-state index is -1.10. The lowest BCUT2D eigenvalue weighted by Crippen LogP contribution is -2.38. The summed E-state index contributed by atoms with van der Waals surface area (Å²) in [5.41, 5.74) is 7.22. The third kappa shape index (κ3) is 4.98. The number of rotatable bonds is 8. The SMILES string of the molecule is Cc1ccc(-c2noc(CCCC(=O)N3CC(F)CC3Cn3cc(C(N)=O)nn3)n2)cc1. The molecule has 2 aromatic heterocycles. The van der Waals surface area contributed by atoms with Gasteiger partial charge in [-0.05, 0) is 13.3 Å². The van der Waals surface area contributed by atoms with E-state index in [1.54, 1.807) is 0 Å². The van der Waals surface area contributed by atoms with Gasteiger partial charge in [0.15, 0.2) is 5.69 Å². The molecule has 10 nitrogen and oxygen atoms in total. The van der Waals surface area contributed by atoms with E-state index in [9.17, 15) is 14.0 Å². The Morgan fingerprint density at radius 1 is 1.28 bits per heavy atom. The van der Waals surface area contributed by atoms with E-state index < -0.39 is 12.1 Å².